The standard InChI is InChI=1S/C15H21N3O2S/c19-14(17-7-6-13-16-8-10-21-13)12-3-1-2-9-18(12)15(20)11-4-5-11/h8,10-12H,1-7,9H2,(H,17,19)/t12-/m0/s1. The normalized spacial score (nSPS) is 22.1. The molecule has 3 rings (SSSR count). The van der Waals surface area contributed by atoms with Gasteiger partial charge in [-0.05, 0) is 32.1 Å². The van der Waals surface area contributed by atoms with Gasteiger partial charge >= 0.3 is 0 Å². The van der Waals surface area contributed by atoms with Crippen LogP contribution in [0.3, 0.4) is 0 Å². The molecule has 0 aromatic carbocycles. The maximum absolute atomic E-state index is 12.4. The van der Waals surface area contributed by atoms with Crippen LogP contribution in [0, 0.1) is 5.92 Å². The third-order valence-corrected chi connectivity index (χ3v) is 4.98. The second-order valence-electron chi connectivity index (χ2n) is 5.78. The summed E-state index contributed by atoms with van der Waals surface area (Å²) in [6.07, 6.45) is 7.36. The molecule has 0 unspecified atom stereocenters. The number of piperidine rings is 1. The summed E-state index contributed by atoms with van der Waals surface area (Å²) in [5, 5.41) is 5.94. The van der Waals surface area contributed by atoms with Crippen LogP contribution < -0.4 is 5.32 Å². The smallest absolute Gasteiger partial charge is 0.242 e. The summed E-state index contributed by atoms with van der Waals surface area (Å²) in [7, 11) is 0. The molecule has 1 atom stereocenters. The van der Waals surface area contributed by atoms with Gasteiger partial charge in [-0.3, -0.25) is 9.59 Å². The summed E-state index contributed by atoms with van der Waals surface area (Å²) in [4.78, 5) is 30.7. The highest BCUT2D eigenvalue weighted by Gasteiger charge is 2.39. The second kappa shape index (κ2) is 6.56. The molecule has 6 heteroatoms. The zero-order valence-electron chi connectivity index (χ0n) is 12.1. The Bertz CT molecular complexity index is 499. The SMILES string of the molecule is O=C(NCCc1nccs1)[C@@H]1CCCCN1C(=O)C1CC1. The summed E-state index contributed by atoms with van der Waals surface area (Å²) in [5.74, 6) is 0.378. The van der Waals surface area contributed by atoms with E-state index in [9.17, 15) is 9.59 Å². The van der Waals surface area contributed by atoms with Crippen molar-refractivity contribution in [2.75, 3.05) is 13.1 Å². The summed E-state index contributed by atoms with van der Waals surface area (Å²) < 4.78 is 0. The summed E-state index contributed by atoms with van der Waals surface area (Å²) in [5.41, 5.74) is 0. The molecule has 1 N–H and O–H groups in total. The van der Waals surface area contributed by atoms with Gasteiger partial charge in [-0.25, -0.2) is 4.98 Å². The van der Waals surface area contributed by atoms with Crippen LogP contribution in [0.25, 0.3) is 0 Å². The zero-order chi connectivity index (χ0) is 14.7. The third-order valence-electron chi connectivity index (χ3n) is 4.14. The number of nitrogens with one attached hydrogen (secondary N) is 1. The number of likely N-dealkylation sites (tertiary alicyclic amines) is 1. The number of hydrogen-bond acceptors (Lipinski definition) is 4. The van der Waals surface area contributed by atoms with E-state index in [1.165, 1.54) is 0 Å². The molecule has 2 heterocycles. The molecule has 2 fully saturated rings. The molecule has 1 aromatic heterocycles. The number of carbonyl (C=O) groups excluding carboxylic acids is 2. The van der Waals surface area contributed by atoms with Gasteiger partial charge in [0.25, 0.3) is 0 Å². The predicted molar refractivity (Wildman–Crippen MR) is 80.9 cm³/mol. The number of hydrogen-bond donors (Lipinski definition) is 1. The van der Waals surface area contributed by atoms with Crippen LogP contribution in [0.15, 0.2) is 11.6 Å². The highest BCUT2D eigenvalue weighted by molar-refractivity contribution is 7.09. The van der Waals surface area contributed by atoms with Gasteiger partial charge in [-0.15, -0.1) is 11.3 Å². The fraction of sp³-hybridized carbons (Fsp3) is 0.667. The Hall–Kier alpha value is -1.43. The minimum atomic E-state index is -0.261. The minimum Gasteiger partial charge on any atom is -0.354 e. The lowest BCUT2D eigenvalue weighted by molar-refractivity contribution is -0.143. The summed E-state index contributed by atoms with van der Waals surface area (Å²) >= 11 is 1.60. The number of aromatic nitrogens is 1. The van der Waals surface area contributed by atoms with E-state index in [1.54, 1.807) is 17.5 Å². The van der Waals surface area contributed by atoms with Crippen molar-refractivity contribution in [1.29, 1.82) is 0 Å². The van der Waals surface area contributed by atoms with E-state index in [2.05, 4.69) is 10.3 Å². The van der Waals surface area contributed by atoms with Crippen molar-refractivity contribution in [1.82, 2.24) is 15.2 Å². The van der Waals surface area contributed by atoms with Gasteiger partial charge in [0.1, 0.15) is 6.04 Å². The largest absolute Gasteiger partial charge is 0.354 e. The molecule has 0 bridgehead atoms. The lowest BCUT2D eigenvalue weighted by atomic mass is 10.0. The monoisotopic (exact) mass is 307 g/mol. The number of thiazole rings is 1. The molecular formula is C15H21N3O2S. The maximum Gasteiger partial charge on any atom is 0.242 e. The van der Waals surface area contributed by atoms with Crippen LogP contribution in [0.4, 0.5) is 0 Å². The Balaban J connectivity index is 1.52. The van der Waals surface area contributed by atoms with Crippen molar-refractivity contribution >= 4 is 23.2 Å². The minimum absolute atomic E-state index is 0.000237. The first-order valence-corrected chi connectivity index (χ1v) is 8.60. The quantitative estimate of drug-likeness (QED) is 0.898. The first kappa shape index (κ1) is 14.5. The molecule has 1 aliphatic carbocycles. The average Bonchev–Trinajstić information content (AvgIpc) is 3.24. The lowest BCUT2D eigenvalue weighted by Gasteiger charge is -2.34. The number of nitrogens with zero attached hydrogens (tertiary/aromatic N) is 2. The zero-order valence-corrected chi connectivity index (χ0v) is 12.9. The topological polar surface area (TPSA) is 62.3 Å². The number of amides is 2. The molecule has 1 aliphatic heterocycles. The summed E-state index contributed by atoms with van der Waals surface area (Å²) in [6.45, 7) is 1.33. The van der Waals surface area contributed by atoms with Crippen LogP contribution in [0.2, 0.25) is 0 Å². The van der Waals surface area contributed by atoms with Gasteiger partial charge in [0, 0.05) is 37.0 Å². The maximum atomic E-state index is 12.4. The van der Waals surface area contributed by atoms with E-state index in [0.717, 1.165) is 50.1 Å². The van der Waals surface area contributed by atoms with E-state index in [1.807, 2.05) is 10.3 Å². The van der Waals surface area contributed by atoms with Crippen molar-refractivity contribution in [3.05, 3.63) is 16.6 Å². The molecule has 21 heavy (non-hydrogen) atoms. The van der Waals surface area contributed by atoms with Crippen molar-refractivity contribution < 1.29 is 9.59 Å². The molecule has 2 aliphatic rings. The van der Waals surface area contributed by atoms with E-state index >= 15 is 0 Å². The molecule has 0 radical (unpaired) electrons. The summed E-state index contributed by atoms with van der Waals surface area (Å²) in [6, 6.07) is -0.261. The van der Waals surface area contributed by atoms with Gasteiger partial charge in [0.15, 0.2) is 0 Å². The molecule has 5 nitrogen and oxygen atoms in total. The van der Waals surface area contributed by atoms with E-state index in [0.29, 0.717) is 6.54 Å². The molecule has 1 saturated carbocycles. The highest BCUT2D eigenvalue weighted by atomic mass is 32.1. The number of carbonyl (C=O) groups is 2. The van der Waals surface area contributed by atoms with Crippen LogP contribution in [0.1, 0.15) is 37.1 Å². The second-order valence-corrected chi connectivity index (χ2v) is 6.76. The number of rotatable bonds is 5. The predicted octanol–water partition coefficient (Wildman–Crippen LogP) is 1.59. The van der Waals surface area contributed by atoms with Crippen molar-refractivity contribution in [3.63, 3.8) is 0 Å². The van der Waals surface area contributed by atoms with Gasteiger partial charge in [-0.1, -0.05) is 0 Å². The van der Waals surface area contributed by atoms with Crippen molar-refractivity contribution in [2.24, 2.45) is 5.92 Å². The molecular weight excluding hydrogens is 286 g/mol. The highest BCUT2D eigenvalue weighted by Crippen LogP contribution is 2.33. The Morgan fingerprint density at radius 2 is 2.19 bits per heavy atom. The fourth-order valence-corrected chi connectivity index (χ4v) is 3.44. The average molecular weight is 307 g/mol. The Morgan fingerprint density at radius 3 is 2.90 bits per heavy atom. The molecule has 114 valence electrons. The molecule has 1 aromatic rings. The Labute approximate surface area is 128 Å². The Kier molecular flexibility index (Phi) is 4.53. The van der Waals surface area contributed by atoms with E-state index in [-0.39, 0.29) is 23.8 Å². The molecule has 0 spiro atoms. The lowest BCUT2D eigenvalue weighted by Crippen LogP contribution is -2.52. The first-order chi connectivity index (χ1) is 10.3. The third kappa shape index (κ3) is 3.61. The van der Waals surface area contributed by atoms with E-state index < -0.39 is 0 Å². The van der Waals surface area contributed by atoms with Gasteiger partial charge in [0.2, 0.25) is 11.8 Å². The van der Waals surface area contributed by atoms with Gasteiger partial charge in [0.05, 0.1) is 5.01 Å². The van der Waals surface area contributed by atoms with Gasteiger partial charge < -0.3 is 10.2 Å². The van der Waals surface area contributed by atoms with Gasteiger partial charge in [-0.2, -0.15) is 0 Å². The van der Waals surface area contributed by atoms with Crippen LogP contribution in [0.5, 0.6) is 0 Å². The Morgan fingerprint density at radius 1 is 1.33 bits per heavy atom. The van der Waals surface area contributed by atoms with E-state index in [4.69, 9.17) is 0 Å². The van der Waals surface area contributed by atoms with Crippen LogP contribution in [-0.4, -0.2) is 40.8 Å². The molecule has 2 amide bonds. The van der Waals surface area contributed by atoms with Crippen LogP contribution >= 0.6 is 11.3 Å². The fourth-order valence-electron chi connectivity index (χ4n) is 2.82. The first-order valence-electron chi connectivity index (χ1n) is 7.72. The van der Waals surface area contributed by atoms with Crippen molar-refractivity contribution in [2.45, 2.75) is 44.6 Å². The molecule has 1 saturated heterocycles. The van der Waals surface area contributed by atoms with Crippen LogP contribution in [-0.2, 0) is 16.0 Å². The van der Waals surface area contributed by atoms with Crippen molar-refractivity contribution in [3.8, 4) is 0 Å².